The van der Waals surface area contributed by atoms with Crippen molar-refractivity contribution in [1.29, 1.82) is 0 Å². The lowest BCUT2D eigenvalue weighted by atomic mass is 10.2. The van der Waals surface area contributed by atoms with Gasteiger partial charge in [-0.2, -0.15) is 5.10 Å². The first-order valence-electron chi connectivity index (χ1n) is 6.40. The molecule has 1 heterocycles. The van der Waals surface area contributed by atoms with E-state index in [1.165, 1.54) is 0 Å². The van der Waals surface area contributed by atoms with Gasteiger partial charge in [0.25, 0.3) is 5.91 Å². The molecule has 2 aromatic carbocycles. The van der Waals surface area contributed by atoms with E-state index in [9.17, 15) is 4.79 Å². The average Bonchev–Trinajstić information content (AvgIpc) is 3.02. The van der Waals surface area contributed by atoms with Crippen molar-refractivity contribution in [2.45, 2.75) is 0 Å². The molecule has 0 aliphatic rings. The Hall–Kier alpha value is -2.59. The third-order valence-electron chi connectivity index (χ3n) is 2.99. The number of nitrogens with one attached hydrogen (secondary N) is 1. The van der Waals surface area contributed by atoms with Gasteiger partial charge in [0, 0.05) is 23.0 Å². The second-order valence-electron chi connectivity index (χ2n) is 4.43. The first-order chi connectivity index (χ1) is 10.2. The predicted molar refractivity (Wildman–Crippen MR) is 83.0 cm³/mol. The van der Waals surface area contributed by atoms with E-state index in [0.717, 1.165) is 5.69 Å². The molecule has 0 saturated heterocycles. The minimum absolute atomic E-state index is 0.189. The van der Waals surface area contributed by atoms with Crippen LogP contribution in [0, 0.1) is 0 Å². The van der Waals surface area contributed by atoms with E-state index in [-0.39, 0.29) is 5.91 Å². The van der Waals surface area contributed by atoms with Gasteiger partial charge in [0.15, 0.2) is 0 Å². The Labute approximate surface area is 127 Å². The lowest BCUT2D eigenvalue weighted by Crippen LogP contribution is -2.13. The number of halogens is 1. The van der Waals surface area contributed by atoms with Crippen LogP contribution in [-0.4, -0.2) is 15.7 Å². The zero-order chi connectivity index (χ0) is 14.7. The van der Waals surface area contributed by atoms with Gasteiger partial charge in [-0.1, -0.05) is 29.8 Å². The van der Waals surface area contributed by atoms with Gasteiger partial charge in [0.05, 0.1) is 11.4 Å². The summed E-state index contributed by atoms with van der Waals surface area (Å²) in [7, 11) is 0. The molecule has 0 radical (unpaired) electrons. The summed E-state index contributed by atoms with van der Waals surface area (Å²) in [6, 6.07) is 16.1. The summed E-state index contributed by atoms with van der Waals surface area (Å²) in [5.41, 5.74) is 1.96. The molecule has 0 bridgehead atoms. The van der Waals surface area contributed by atoms with Crippen LogP contribution in [0.15, 0.2) is 67.0 Å². The zero-order valence-corrected chi connectivity index (χ0v) is 11.8. The highest BCUT2D eigenvalue weighted by atomic mass is 35.5. The molecule has 0 aliphatic heterocycles. The van der Waals surface area contributed by atoms with Crippen LogP contribution in [0.5, 0.6) is 0 Å². The Morgan fingerprint density at radius 3 is 2.62 bits per heavy atom. The highest BCUT2D eigenvalue weighted by Gasteiger charge is 2.11. The molecule has 3 rings (SSSR count). The third kappa shape index (κ3) is 2.95. The molecule has 0 saturated carbocycles. The van der Waals surface area contributed by atoms with Crippen molar-refractivity contribution in [3.63, 3.8) is 0 Å². The summed E-state index contributed by atoms with van der Waals surface area (Å²) >= 11 is 6.03. The minimum atomic E-state index is -0.189. The van der Waals surface area contributed by atoms with E-state index in [2.05, 4.69) is 10.4 Å². The van der Waals surface area contributed by atoms with Crippen LogP contribution in [0.4, 0.5) is 5.69 Å². The number of rotatable bonds is 3. The highest BCUT2D eigenvalue weighted by Crippen LogP contribution is 2.24. The Bertz CT molecular complexity index is 754. The molecule has 0 unspecified atom stereocenters. The minimum Gasteiger partial charge on any atom is -0.320 e. The predicted octanol–water partition coefficient (Wildman–Crippen LogP) is 3.78. The number of aromatic nitrogens is 2. The van der Waals surface area contributed by atoms with E-state index < -0.39 is 0 Å². The molecule has 1 N–H and O–H groups in total. The standard InChI is InChI=1S/C16H12ClN3O/c17-13-7-8-15(20-10-4-9-18-20)14(11-13)19-16(21)12-5-2-1-3-6-12/h1-11H,(H,19,21). The van der Waals surface area contributed by atoms with Crippen LogP contribution in [0.1, 0.15) is 10.4 Å². The second-order valence-corrected chi connectivity index (χ2v) is 4.87. The first-order valence-corrected chi connectivity index (χ1v) is 6.78. The summed E-state index contributed by atoms with van der Waals surface area (Å²) in [5, 5.41) is 7.60. The maximum atomic E-state index is 12.3. The molecule has 3 aromatic rings. The van der Waals surface area contributed by atoms with Gasteiger partial charge in [-0.25, -0.2) is 4.68 Å². The molecule has 1 amide bonds. The van der Waals surface area contributed by atoms with E-state index in [0.29, 0.717) is 16.3 Å². The van der Waals surface area contributed by atoms with E-state index >= 15 is 0 Å². The number of benzene rings is 2. The van der Waals surface area contributed by atoms with Crippen molar-refractivity contribution in [2.75, 3.05) is 5.32 Å². The monoisotopic (exact) mass is 297 g/mol. The molecule has 4 nitrogen and oxygen atoms in total. The second kappa shape index (κ2) is 5.81. The molecule has 21 heavy (non-hydrogen) atoms. The lowest BCUT2D eigenvalue weighted by Gasteiger charge is -2.11. The Morgan fingerprint density at radius 1 is 1.10 bits per heavy atom. The fourth-order valence-corrected chi connectivity index (χ4v) is 2.18. The largest absolute Gasteiger partial charge is 0.320 e. The van der Waals surface area contributed by atoms with Crippen LogP contribution in [0.25, 0.3) is 5.69 Å². The van der Waals surface area contributed by atoms with E-state index in [4.69, 9.17) is 11.6 Å². The van der Waals surface area contributed by atoms with Crippen molar-refractivity contribution in [2.24, 2.45) is 0 Å². The van der Waals surface area contributed by atoms with Gasteiger partial charge in [0.2, 0.25) is 0 Å². The molecule has 0 fully saturated rings. The van der Waals surface area contributed by atoms with Crippen LogP contribution >= 0.6 is 11.6 Å². The molecule has 0 atom stereocenters. The summed E-state index contributed by atoms with van der Waals surface area (Å²) in [6.07, 6.45) is 3.48. The average molecular weight is 298 g/mol. The van der Waals surface area contributed by atoms with Crippen molar-refractivity contribution >= 4 is 23.2 Å². The fourth-order valence-electron chi connectivity index (χ4n) is 2.00. The topological polar surface area (TPSA) is 46.9 Å². The molecule has 1 aromatic heterocycles. The Morgan fingerprint density at radius 2 is 1.90 bits per heavy atom. The van der Waals surface area contributed by atoms with E-state index in [1.54, 1.807) is 41.3 Å². The fraction of sp³-hybridized carbons (Fsp3) is 0. The Balaban J connectivity index is 1.95. The van der Waals surface area contributed by atoms with Crippen LogP contribution in [0.2, 0.25) is 5.02 Å². The molecule has 104 valence electrons. The first kappa shape index (κ1) is 13.4. The number of anilines is 1. The SMILES string of the molecule is O=C(Nc1cc(Cl)ccc1-n1cccn1)c1ccccc1. The van der Waals surface area contributed by atoms with Gasteiger partial charge in [-0.05, 0) is 36.4 Å². The smallest absolute Gasteiger partial charge is 0.255 e. The van der Waals surface area contributed by atoms with Crippen LogP contribution < -0.4 is 5.32 Å². The van der Waals surface area contributed by atoms with Gasteiger partial charge in [0.1, 0.15) is 0 Å². The van der Waals surface area contributed by atoms with Crippen LogP contribution in [-0.2, 0) is 0 Å². The summed E-state index contributed by atoms with van der Waals surface area (Å²) < 4.78 is 1.68. The zero-order valence-electron chi connectivity index (χ0n) is 11.0. The number of carbonyl (C=O) groups excluding carboxylic acids is 1. The van der Waals surface area contributed by atoms with Gasteiger partial charge in [-0.15, -0.1) is 0 Å². The van der Waals surface area contributed by atoms with Gasteiger partial charge in [-0.3, -0.25) is 4.79 Å². The highest BCUT2D eigenvalue weighted by molar-refractivity contribution is 6.31. The normalized spacial score (nSPS) is 10.3. The van der Waals surface area contributed by atoms with Crippen molar-refractivity contribution in [1.82, 2.24) is 9.78 Å². The summed E-state index contributed by atoms with van der Waals surface area (Å²) in [6.45, 7) is 0. The summed E-state index contributed by atoms with van der Waals surface area (Å²) in [4.78, 5) is 12.3. The van der Waals surface area contributed by atoms with E-state index in [1.807, 2.05) is 30.3 Å². The van der Waals surface area contributed by atoms with Crippen LogP contribution in [0.3, 0.4) is 0 Å². The van der Waals surface area contributed by atoms with Gasteiger partial charge < -0.3 is 5.32 Å². The number of hydrogen-bond acceptors (Lipinski definition) is 2. The third-order valence-corrected chi connectivity index (χ3v) is 3.23. The number of amides is 1. The van der Waals surface area contributed by atoms with Crippen molar-refractivity contribution in [3.05, 3.63) is 77.6 Å². The molecular weight excluding hydrogens is 286 g/mol. The number of nitrogens with zero attached hydrogens (tertiary/aromatic N) is 2. The van der Waals surface area contributed by atoms with Crippen molar-refractivity contribution in [3.8, 4) is 5.69 Å². The quantitative estimate of drug-likeness (QED) is 0.800. The maximum Gasteiger partial charge on any atom is 0.255 e. The van der Waals surface area contributed by atoms with Gasteiger partial charge >= 0.3 is 0 Å². The van der Waals surface area contributed by atoms with Crippen molar-refractivity contribution < 1.29 is 4.79 Å². The maximum absolute atomic E-state index is 12.3. The Kier molecular flexibility index (Phi) is 3.71. The lowest BCUT2D eigenvalue weighted by molar-refractivity contribution is 0.102. The number of hydrogen-bond donors (Lipinski definition) is 1. The number of carbonyl (C=O) groups is 1. The summed E-state index contributed by atoms with van der Waals surface area (Å²) in [5.74, 6) is -0.189. The molecular formula is C16H12ClN3O. The molecule has 0 spiro atoms. The molecule has 0 aliphatic carbocycles. The molecule has 5 heteroatoms.